The molecule has 2 aliphatic rings. The summed E-state index contributed by atoms with van der Waals surface area (Å²) in [6.07, 6.45) is 6.24. The Morgan fingerprint density at radius 1 is 1.14 bits per heavy atom. The molecule has 0 atom stereocenters. The van der Waals surface area contributed by atoms with Gasteiger partial charge in [0.1, 0.15) is 12.4 Å². The van der Waals surface area contributed by atoms with Crippen molar-refractivity contribution in [1.82, 2.24) is 10.3 Å². The van der Waals surface area contributed by atoms with E-state index in [1.165, 1.54) is 6.07 Å². The maximum atomic E-state index is 14.2. The Hall–Kier alpha value is -2.76. The third kappa shape index (κ3) is 3.51. The van der Waals surface area contributed by atoms with E-state index >= 15 is 0 Å². The maximum Gasteiger partial charge on any atom is 0.240 e. The lowest BCUT2D eigenvalue weighted by Crippen LogP contribution is -2.49. The van der Waals surface area contributed by atoms with E-state index in [9.17, 15) is 14.0 Å². The fourth-order valence-corrected chi connectivity index (χ4v) is 4.20. The van der Waals surface area contributed by atoms with Gasteiger partial charge in [0.05, 0.1) is 5.69 Å². The first-order valence-electron chi connectivity index (χ1n) is 9.85. The van der Waals surface area contributed by atoms with Crippen LogP contribution in [0.4, 0.5) is 10.1 Å². The highest BCUT2D eigenvalue weighted by Crippen LogP contribution is 2.43. The fourth-order valence-electron chi connectivity index (χ4n) is 4.20. The average molecular weight is 381 g/mol. The molecule has 1 aromatic carbocycles. The van der Waals surface area contributed by atoms with Gasteiger partial charge in [0.15, 0.2) is 0 Å². The van der Waals surface area contributed by atoms with Crippen molar-refractivity contribution >= 4 is 17.5 Å². The molecular weight excluding hydrogens is 357 g/mol. The lowest BCUT2D eigenvalue weighted by atomic mass is 9.66. The minimum atomic E-state index is -0.443. The summed E-state index contributed by atoms with van der Waals surface area (Å²) in [4.78, 5) is 31.0. The van der Waals surface area contributed by atoms with E-state index in [1.54, 1.807) is 17.2 Å². The molecule has 0 saturated heterocycles. The van der Waals surface area contributed by atoms with Gasteiger partial charge in [-0.3, -0.25) is 14.6 Å². The lowest BCUT2D eigenvalue weighted by Gasteiger charge is -2.41. The number of rotatable bonds is 5. The van der Waals surface area contributed by atoms with Crippen molar-refractivity contribution in [3.05, 3.63) is 59.7 Å². The van der Waals surface area contributed by atoms with E-state index < -0.39 is 5.41 Å². The molecule has 0 bridgehead atoms. The molecule has 2 amide bonds. The Bertz CT molecular complexity index is 895. The molecule has 5 nitrogen and oxygen atoms in total. The van der Waals surface area contributed by atoms with Gasteiger partial charge in [-0.15, -0.1) is 0 Å². The molecule has 146 valence electrons. The molecule has 0 spiro atoms. The number of halogens is 1. The van der Waals surface area contributed by atoms with Gasteiger partial charge in [0.25, 0.3) is 0 Å². The average Bonchev–Trinajstić information content (AvgIpc) is 2.81. The molecule has 1 N–H and O–H groups in total. The van der Waals surface area contributed by atoms with Crippen LogP contribution in [-0.2, 0) is 21.4 Å². The van der Waals surface area contributed by atoms with Crippen molar-refractivity contribution in [2.75, 3.05) is 18.0 Å². The molecule has 6 heteroatoms. The molecule has 4 rings (SSSR count). The van der Waals surface area contributed by atoms with Gasteiger partial charge in [0.2, 0.25) is 11.8 Å². The molecule has 0 unspecified atom stereocenters. The first-order chi connectivity index (χ1) is 13.6. The summed E-state index contributed by atoms with van der Waals surface area (Å²) in [6.45, 7) is 0.320. The summed E-state index contributed by atoms with van der Waals surface area (Å²) >= 11 is 0. The zero-order valence-electron chi connectivity index (χ0n) is 15.8. The Kier molecular flexibility index (Phi) is 5.11. The SMILES string of the molecule is O=C(CN1C(=O)CCCc2ccccc21)NCC1(c2ncccc2F)CCC1. The van der Waals surface area contributed by atoms with E-state index in [4.69, 9.17) is 0 Å². The number of carbonyl (C=O) groups is 2. The summed E-state index contributed by atoms with van der Waals surface area (Å²) in [5, 5.41) is 2.93. The summed E-state index contributed by atoms with van der Waals surface area (Å²) in [6, 6.07) is 10.7. The summed E-state index contributed by atoms with van der Waals surface area (Å²) in [5.41, 5.74) is 1.89. The van der Waals surface area contributed by atoms with Gasteiger partial charge in [-0.2, -0.15) is 0 Å². The summed E-state index contributed by atoms with van der Waals surface area (Å²) in [5.74, 6) is -0.588. The lowest BCUT2D eigenvalue weighted by molar-refractivity contribution is -0.124. The second-order valence-corrected chi connectivity index (χ2v) is 7.71. The van der Waals surface area contributed by atoms with Crippen LogP contribution in [0.15, 0.2) is 42.6 Å². The minimum Gasteiger partial charge on any atom is -0.354 e. The Morgan fingerprint density at radius 2 is 1.96 bits per heavy atom. The van der Waals surface area contributed by atoms with Crippen molar-refractivity contribution in [3.63, 3.8) is 0 Å². The van der Waals surface area contributed by atoms with E-state index in [1.807, 2.05) is 24.3 Å². The largest absolute Gasteiger partial charge is 0.354 e. The second-order valence-electron chi connectivity index (χ2n) is 7.71. The molecule has 0 radical (unpaired) electrons. The van der Waals surface area contributed by atoms with Gasteiger partial charge < -0.3 is 10.2 Å². The normalized spacial score (nSPS) is 18.0. The van der Waals surface area contributed by atoms with Crippen molar-refractivity contribution in [2.45, 2.75) is 43.9 Å². The van der Waals surface area contributed by atoms with Crippen molar-refractivity contribution in [3.8, 4) is 0 Å². The number of hydrogen-bond donors (Lipinski definition) is 1. The van der Waals surface area contributed by atoms with E-state index in [0.29, 0.717) is 18.7 Å². The number of nitrogens with zero attached hydrogens (tertiary/aromatic N) is 2. The van der Waals surface area contributed by atoms with Crippen LogP contribution in [0.5, 0.6) is 0 Å². The van der Waals surface area contributed by atoms with Gasteiger partial charge in [-0.05, 0) is 49.4 Å². The third-order valence-electron chi connectivity index (χ3n) is 5.92. The topological polar surface area (TPSA) is 62.3 Å². The molecule has 1 aliphatic carbocycles. The predicted octanol–water partition coefficient (Wildman–Crippen LogP) is 3.13. The molecule has 1 aliphatic heterocycles. The molecule has 1 saturated carbocycles. The van der Waals surface area contributed by atoms with Crippen LogP contribution in [0.25, 0.3) is 0 Å². The van der Waals surface area contributed by atoms with Gasteiger partial charge >= 0.3 is 0 Å². The molecular formula is C22H24FN3O2. The maximum absolute atomic E-state index is 14.2. The smallest absolute Gasteiger partial charge is 0.240 e. The molecule has 28 heavy (non-hydrogen) atoms. The number of amides is 2. The number of anilines is 1. The molecule has 2 heterocycles. The van der Waals surface area contributed by atoms with Crippen LogP contribution < -0.4 is 10.2 Å². The van der Waals surface area contributed by atoms with Crippen LogP contribution in [0, 0.1) is 5.82 Å². The number of pyridine rings is 1. The Morgan fingerprint density at radius 3 is 2.71 bits per heavy atom. The van der Waals surface area contributed by atoms with E-state index in [-0.39, 0.29) is 24.2 Å². The van der Waals surface area contributed by atoms with Crippen molar-refractivity contribution in [1.29, 1.82) is 0 Å². The number of para-hydroxylation sites is 1. The number of aryl methyl sites for hydroxylation is 1. The summed E-state index contributed by atoms with van der Waals surface area (Å²) < 4.78 is 14.2. The number of aromatic nitrogens is 1. The Balaban J connectivity index is 1.46. The van der Waals surface area contributed by atoms with Crippen LogP contribution in [0.3, 0.4) is 0 Å². The number of carbonyl (C=O) groups excluding carboxylic acids is 2. The predicted molar refractivity (Wildman–Crippen MR) is 104 cm³/mol. The quantitative estimate of drug-likeness (QED) is 0.866. The first-order valence-corrected chi connectivity index (χ1v) is 9.85. The third-order valence-corrected chi connectivity index (χ3v) is 5.92. The Labute approximate surface area is 164 Å². The minimum absolute atomic E-state index is 0.0172. The number of nitrogens with one attached hydrogen (secondary N) is 1. The summed E-state index contributed by atoms with van der Waals surface area (Å²) in [7, 11) is 0. The second kappa shape index (κ2) is 7.70. The number of fused-ring (bicyclic) bond motifs is 1. The highest BCUT2D eigenvalue weighted by Gasteiger charge is 2.42. The molecule has 2 aromatic rings. The van der Waals surface area contributed by atoms with Crippen LogP contribution in [0.1, 0.15) is 43.4 Å². The number of hydrogen-bond acceptors (Lipinski definition) is 3. The van der Waals surface area contributed by atoms with Crippen LogP contribution in [-0.4, -0.2) is 29.9 Å². The zero-order chi connectivity index (χ0) is 19.6. The number of benzene rings is 1. The molecule has 1 fully saturated rings. The van der Waals surface area contributed by atoms with Crippen LogP contribution >= 0.6 is 0 Å². The van der Waals surface area contributed by atoms with Crippen molar-refractivity contribution in [2.24, 2.45) is 0 Å². The van der Waals surface area contributed by atoms with Gasteiger partial charge in [-0.25, -0.2) is 4.39 Å². The van der Waals surface area contributed by atoms with Crippen LogP contribution in [0.2, 0.25) is 0 Å². The standard InChI is InChI=1S/C22H24FN3O2/c23-17-8-4-13-24-21(17)22(11-5-12-22)15-25-19(27)14-26-18-9-2-1-6-16(18)7-3-10-20(26)28/h1-2,4,6,8-9,13H,3,5,7,10-12,14-15H2,(H,25,27). The highest BCUT2D eigenvalue weighted by molar-refractivity contribution is 5.99. The zero-order valence-corrected chi connectivity index (χ0v) is 15.8. The fraction of sp³-hybridized carbons (Fsp3) is 0.409. The van der Waals surface area contributed by atoms with Gasteiger partial charge in [0, 0.05) is 30.3 Å². The first kappa shape index (κ1) is 18.6. The van der Waals surface area contributed by atoms with Crippen molar-refractivity contribution < 1.29 is 14.0 Å². The van der Waals surface area contributed by atoms with E-state index in [0.717, 1.165) is 43.4 Å². The monoisotopic (exact) mass is 381 g/mol. The highest BCUT2D eigenvalue weighted by atomic mass is 19.1. The molecule has 1 aromatic heterocycles. The van der Waals surface area contributed by atoms with E-state index in [2.05, 4.69) is 10.3 Å². The van der Waals surface area contributed by atoms with Gasteiger partial charge in [-0.1, -0.05) is 24.6 Å².